The van der Waals surface area contributed by atoms with Crippen LogP contribution in [0, 0.1) is 0 Å². The molecule has 2 rings (SSSR count). The lowest BCUT2D eigenvalue weighted by molar-refractivity contribution is 1.17. The predicted molar refractivity (Wildman–Crippen MR) is 74.7 cm³/mol. The van der Waals surface area contributed by atoms with Crippen molar-refractivity contribution in [3.05, 3.63) is 52.3 Å². The highest BCUT2D eigenvalue weighted by Gasteiger charge is 2.03. The highest BCUT2D eigenvalue weighted by molar-refractivity contribution is 7.98. The van der Waals surface area contributed by atoms with Crippen LogP contribution in [0.5, 0.6) is 0 Å². The van der Waals surface area contributed by atoms with Crippen molar-refractivity contribution in [2.75, 3.05) is 5.73 Å². The Kier molecular flexibility index (Phi) is 4.15. The molecule has 0 saturated carbocycles. The minimum atomic E-state index is 0.506. The van der Waals surface area contributed by atoms with Gasteiger partial charge in [0.25, 0.3) is 0 Å². The Morgan fingerprint density at radius 3 is 2.71 bits per heavy atom. The zero-order valence-corrected chi connectivity index (χ0v) is 11.2. The number of hydrogen-bond donors (Lipinski definition) is 1. The number of nitrogens with two attached hydrogens (primary N) is 1. The number of benzene rings is 1. The smallest absolute Gasteiger partial charge is 0.129 e. The summed E-state index contributed by atoms with van der Waals surface area (Å²) in [5.41, 5.74) is 7.22. The summed E-state index contributed by atoms with van der Waals surface area (Å²) in [6, 6.07) is 11.1. The van der Waals surface area contributed by atoms with Gasteiger partial charge in [0.1, 0.15) is 5.15 Å². The summed E-state index contributed by atoms with van der Waals surface area (Å²) in [4.78, 5) is 5.20. The molecule has 88 valence electrons. The minimum Gasteiger partial charge on any atom is -0.399 e. The van der Waals surface area contributed by atoms with E-state index in [2.05, 4.69) is 4.98 Å². The number of halogens is 2. The molecule has 0 atom stereocenters. The van der Waals surface area contributed by atoms with E-state index in [1.807, 2.05) is 24.3 Å². The summed E-state index contributed by atoms with van der Waals surface area (Å²) in [5.74, 6) is 0.726. The molecule has 2 N–H and O–H groups in total. The monoisotopic (exact) mass is 284 g/mol. The molecule has 0 aliphatic carbocycles. The zero-order valence-electron chi connectivity index (χ0n) is 8.86. The molecule has 0 spiro atoms. The van der Waals surface area contributed by atoms with E-state index in [0.717, 1.165) is 16.3 Å². The SMILES string of the molecule is Nc1ccc(SCc2cccc(Cl)n2)c(Cl)c1. The van der Waals surface area contributed by atoms with Crippen LogP contribution in [-0.4, -0.2) is 4.98 Å². The first kappa shape index (κ1) is 12.6. The van der Waals surface area contributed by atoms with Gasteiger partial charge in [0.2, 0.25) is 0 Å². The molecule has 0 radical (unpaired) electrons. The Balaban J connectivity index is 2.07. The van der Waals surface area contributed by atoms with E-state index in [1.54, 1.807) is 23.9 Å². The Morgan fingerprint density at radius 1 is 1.18 bits per heavy atom. The number of anilines is 1. The molecular weight excluding hydrogens is 275 g/mol. The van der Waals surface area contributed by atoms with E-state index in [9.17, 15) is 0 Å². The predicted octanol–water partition coefficient (Wildman–Crippen LogP) is 4.26. The molecule has 2 nitrogen and oxygen atoms in total. The number of pyridine rings is 1. The number of nitrogen functional groups attached to an aromatic ring is 1. The van der Waals surface area contributed by atoms with Crippen molar-refractivity contribution in [1.29, 1.82) is 0 Å². The maximum atomic E-state index is 6.08. The van der Waals surface area contributed by atoms with Crippen LogP contribution in [0.25, 0.3) is 0 Å². The molecule has 0 fully saturated rings. The second kappa shape index (κ2) is 5.63. The van der Waals surface area contributed by atoms with E-state index in [4.69, 9.17) is 28.9 Å². The third kappa shape index (κ3) is 3.53. The summed E-state index contributed by atoms with van der Waals surface area (Å²) in [7, 11) is 0. The molecule has 1 aromatic heterocycles. The molecule has 1 aromatic carbocycles. The average molecular weight is 285 g/mol. The van der Waals surface area contributed by atoms with Gasteiger partial charge in [0, 0.05) is 16.3 Å². The van der Waals surface area contributed by atoms with Crippen LogP contribution < -0.4 is 5.73 Å². The van der Waals surface area contributed by atoms with E-state index in [-0.39, 0.29) is 0 Å². The first-order chi connectivity index (χ1) is 8.15. The van der Waals surface area contributed by atoms with E-state index < -0.39 is 0 Å². The number of aromatic nitrogens is 1. The van der Waals surface area contributed by atoms with Crippen molar-refractivity contribution in [1.82, 2.24) is 4.98 Å². The second-order valence-electron chi connectivity index (χ2n) is 3.43. The maximum absolute atomic E-state index is 6.08. The summed E-state index contributed by atoms with van der Waals surface area (Å²) in [5, 5.41) is 1.17. The summed E-state index contributed by atoms with van der Waals surface area (Å²) < 4.78 is 0. The normalized spacial score (nSPS) is 10.5. The lowest BCUT2D eigenvalue weighted by Gasteiger charge is -2.05. The number of thioether (sulfide) groups is 1. The molecular formula is C12H10Cl2N2S. The van der Waals surface area contributed by atoms with Crippen molar-refractivity contribution in [2.24, 2.45) is 0 Å². The molecule has 0 amide bonds. The van der Waals surface area contributed by atoms with Gasteiger partial charge in [-0.2, -0.15) is 0 Å². The third-order valence-corrected chi connectivity index (χ3v) is 3.85. The molecule has 5 heteroatoms. The quantitative estimate of drug-likeness (QED) is 0.520. The van der Waals surface area contributed by atoms with Gasteiger partial charge in [-0.1, -0.05) is 29.3 Å². The average Bonchev–Trinajstić information content (AvgIpc) is 2.28. The second-order valence-corrected chi connectivity index (χ2v) is 5.24. The van der Waals surface area contributed by atoms with Crippen LogP contribution in [-0.2, 0) is 5.75 Å². The van der Waals surface area contributed by atoms with Crippen LogP contribution in [0.1, 0.15) is 5.69 Å². The largest absolute Gasteiger partial charge is 0.399 e. The first-order valence-corrected chi connectivity index (χ1v) is 6.68. The zero-order chi connectivity index (χ0) is 12.3. The van der Waals surface area contributed by atoms with Crippen molar-refractivity contribution in [3.8, 4) is 0 Å². The van der Waals surface area contributed by atoms with Crippen molar-refractivity contribution in [3.63, 3.8) is 0 Å². The van der Waals surface area contributed by atoms with Gasteiger partial charge in [-0.25, -0.2) is 4.98 Å². The fraction of sp³-hybridized carbons (Fsp3) is 0.0833. The Hall–Kier alpha value is -0.900. The standard InChI is InChI=1S/C12H10Cl2N2S/c13-10-6-8(15)4-5-11(10)17-7-9-2-1-3-12(14)16-9/h1-6H,7,15H2. The molecule has 0 bridgehead atoms. The first-order valence-electron chi connectivity index (χ1n) is 4.94. The number of rotatable bonds is 3. The number of nitrogens with zero attached hydrogens (tertiary/aromatic N) is 1. The fourth-order valence-corrected chi connectivity index (χ4v) is 2.68. The molecule has 2 aromatic rings. The Labute approximate surface area is 114 Å². The van der Waals surface area contributed by atoms with Crippen LogP contribution in [0.15, 0.2) is 41.3 Å². The van der Waals surface area contributed by atoms with Gasteiger partial charge in [0.15, 0.2) is 0 Å². The minimum absolute atomic E-state index is 0.506. The van der Waals surface area contributed by atoms with E-state index in [0.29, 0.717) is 15.9 Å². The van der Waals surface area contributed by atoms with E-state index in [1.165, 1.54) is 0 Å². The Bertz CT molecular complexity index is 532. The van der Waals surface area contributed by atoms with Crippen molar-refractivity contribution < 1.29 is 0 Å². The maximum Gasteiger partial charge on any atom is 0.129 e. The number of hydrogen-bond acceptors (Lipinski definition) is 3. The molecule has 1 heterocycles. The summed E-state index contributed by atoms with van der Waals surface area (Å²) in [6.07, 6.45) is 0. The summed E-state index contributed by atoms with van der Waals surface area (Å²) >= 11 is 13.5. The Morgan fingerprint density at radius 2 is 2.00 bits per heavy atom. The van der Waals surface area contributed by atoms with Crippen molar-refractivity contribution in [2.45, 2.75) is 10.6 Å². The molecule has 17 heavy (non-hydrogen) atoms. The summed E-state index contributed by atoms with van der Waals surface area (Å²) in [6.45, 7) is 0. The van der Waals surface area contributed by atoms with Gasteiger partial charge in [-0.3, -0.25) is 0 Å². The molecule has 0 unspecified atom stereocenters. The topological polar surface area (TPSA) is 38.9 Å². The van der Waals surface area contributed by atoms with Crippen LogP contribution in [0.3, 0.4) is 0 Å². The van der Waals surface area contributed by atoms with Gasteiger partial charge in [-0.15, -0.1) is 11.8 Å². The highest BCUT2D eigenvalue weighted by Crippen LogP contribution is 2.30. The highest BCUT2D eigenvalue weighted by atomic mass is 35.5. The van der Waals surface area contributed by atoms with Gasteiger partial charge >= 0.3 is 0 Å². The van der Waals surface area contributed by atoms with Gasteiger partial charge in [-0.05, 0) is 30.3 Å². The lowest BCUT2D eigenvalue weighted by atomic mass is 10.3. The van der Waals surface area contributed by atoms with Crippen molar-refractivity contribution >= 4 is 40.7 Å². The van der Waals surface area contributed by atoms with Gasteiger partial charge in [0.05, 0.1) is 10.7 Å². The van der Waals surface area contributed by atoms with Crippen LogP contribution in [0.2, 0.25) is 10.2 Å². The van der Waals surface area contributed by atoms with Crippen LogP contribution in [0.4, 0.5) is 5.69 Å². The van der Waals surface area contributed by atoms with Gasteiger partial charge < -0.3 is 5.73 Å². The van der Waals surface area contributed by atoms with Crippen LogP contribution >= 0.6 is 35.0 Å². The molecule has 0 saturated heterocycles. The van der Waals surface area contributed by atoms with E-state index >= 15 is 0 Å². The third-order valence-electron chi connectivity index (χ3n) is 2.10. The lowest BCUT2D eigenvalue weighted by Crippen LogP contribution is -1.88. The fourth-order valence-electron chi connectivity index (χ4n) is 1.32. The molecule has 0 aliphatic heterocycles. The molecule has 0 aliphatic rings.